The molecule has 2 atom stereocenters. The summed E-state index contributed by atoms with van der Waals surface area (Å²) in [4.78, 5) is 12.5. The van der Waals surface area contributed by atoms with Crippen LogP contribution in [0.1, 0.15) is 25.5 Å². The molecule has 8 heteroatoms. The Morgan fingerprint density at radius 2 is 1.86 bits per heavy atom. The first-order chi connectivity index (χ1) is 13.6. The van der Waals surface area contributed by atoms with Gasteiger partial charge in [-0.1, -0.05) is 42.1 Å². The second kappa shape index (κ2) is 7.93. The molecule has 1 amide bonds. The Morgan fingerprint density at radius 3 is 2.68 bits per heavy atom. The van der Waals surface area contributed by atoms with Crippen LogP contribution in [0.15, 0.2) is 58.2 Å². The Labute approximate surface area is 166 Å². The van der Waals surface area contributed by atoms with Crippen molar-refractivity contribution in [3.63, 3.8) is 0 Å². The highest BCUT2D eigenvalue weighted by Crippen LogP contribution is 2.36. The molecule has 3 aromatic rings. The van der Waals surface area contributed by atoms with Crippen LogP contribution >= 0.6 is 11.8 Å². The van der Waals surface area contributed by atoms with Gasteiger partial charge in [0.2, 0.25) is 18.6 Å². The summed E-state index contributed by atoms with van der Waals surface area (Å²) < 4.78 is 16.4. The van der Waals surface area contributed by atoms with E-state index in [4.69, 9.17) is 13.9 Å². The zero-order valence-corrected chi connectivity index (χ0v) is 16.2. The van der Waals surface area contributed by atoms with Gasteiger partial charge in [0.15, 0.2) is 11.5 Å². The molecule has 0 spiro atoms. The molecule has 1 N–H and O–H groups in total. The fourth-order valence-electron chi connectivity index (χ4n) is 2.76. The smallest absolute Gasteiger partial charge is 0.277 e. The maximum Gasteiger partial charge on any atom is 0.277 e. The number of aromatic nitrogens is 2. The minimum Gasteiger partial charge on any atom is -0.454 e. The molecule has 0 fully saturated rings. The fourth-order valence-corrected chi connectivity index (χ4v) is 3.46. The molecule has 0 aliphatic carbocycles. The van der Waals surface area contributed by atoms with Gasteiger partial charge in [-0.2, -0.15) is 0 Å². The Kier molecular flexibility index (Phi) is 5.21. The largest absolute Gasteiger partial charge is 0.454 e. The normalized spacial score (nSPS) is 14.5. The minimum atomic E-state index is -0.379. The SMILES string of the molecule is C[C@@H](Sc1nnc(-c2ccc3c(c2)OCO3)o1)C(=O)N[C@H](C)c1ccccc1. The summed E-state index contributed by atoms with van der Waals surface area (Å²) in [6.45, 7) is 3.97. The highest BCUT2D eigenvalue weighted by atomic mass is 32.2. The number of carbonyl (C=O) groups is 1. The van der Waals surface area contributed by atoms with E-state index in [1.807, 2.05) is 50.2 Å². The van der Waals surface area contributed by atoms with Crippen molar-refractivity contribution in [1.82, 2.24) is 15.5 Å². The number of carbonyl (C=O) groups excluding carboxylic acids is 1. The number of thioether (sulfide) groups is 1. The molecule has 2 heterocycles. The lowest BCUT2D eigenvalue weighted by Gasteiger charge is -2.16. The van der Waals surface area contributed by atoms with Crippen molar-refractivity contribution in [2.24, 2.45) is 0 Å². The molecule has 0 radical (unpaired) electrons. The van der Waals surface area contributed by atoms with E-state index in [-0.39, 0.29) is 24.0 Å². The molecule has 144 valence electrons. The summed E-state index contributed by atoms with van der Waals surface area (Å²) in [5.74, 6) is 1.61. The molecular weight excluding hydrogens is 378 g/mol. The molecule has 1 aliphatic heterocycles. The van der Waals surface area contributed by atoms with Gasteiger partial charge in [-0.05, 0) is 37.6 Å². The summed E-state index contributed by atoms with van der Waals surface area (Å²) in [5.41, 5.74) is 1.79. The number of benzene rings is 2. The molecule has 1 aliphatic rings. The van der Waals surface area contributed by atoms with Crippen molar-refractivity contribution in [3.8, 4) is 23.0 Å². The zero-order valence-electron chi connectivity index (χ0n) is 15.4. The Bertz CT molecular complexity index is 977. The zero-order chi connectivity index (χ0) is 19.5. The Balaban J connectivity index is 1.38. The molecule has 0 unspecified atom stereocenters. The van der Waals surface area contributed by atoms with Crippen molar-refractivity contribution in [2.45, 2.75) is 30.4 Å². The first-order valence-electron chi connectivity index (χ1n) is 8.85. The monoisotopic (exact) mass is 397 g/mol. The highest BCUT2D eigenvalue weighted by Gasteiger charge is 2.21. The summed E-state index contributed by atoms with van der Waals surface area (Å²) in [6.07, 6.45) is 0. The van der Waals surface area contributed by atoms with E-state index in [2.05, 4.69) is 15.5 Å². The molecule has 4 rings (SSSR count). The quantitative estimate of drug-likeness (QED) is 0.633. The van der Waals surface area contributed by atoms with Gasteiger partial charge in [0, 0.05) is 5.56 Å². The number of fused-ring (bicyclic) bond motifs is 1. The molecule has 2 aromatic carbocycles. The number of rotatable bonds is 6. The number of ether oxygens (including phenoxy) is 2. The third kappa shape index (κ3) is 3.96. The van der Waals surface area contributed by atoms with E-state index in [9.17, 15) is 4.79 Å². The second-order valence-electron chi connectivity index (χ2n) is 6.34. The molecule has 0 bridgehead atoms. The fraction of sp³-hybridized carbons (Fsp3) is 0.250. The van der Waals surface area contributed by atoms with E-state index in [1.165, 1.54) is 11.8 Å². The second-order valence-corrected chi connectivity index (χ2v) is 7.63. The number of nitrogens with zero attached hydrogens (tertiary/aromatic N) is 2. The van der Waals surface area contributed by atoms with Crippen molar-refractivity contribution in [3.05, 3.63) is 54.1 Å². The Hall–Kier alpha value is -3.00. The van der Waals surface area contributed by atoms with Crippen LogP contribution in [0.2, 0.25) is 0 Å². The van der Waals surface area contributed by atoms with Crippen LogP contribution in [0.5, 0.6) is 11.5 Å². The molecule has 1 aromatic heterocycles. The van der Waals surface area contributed by atoms with Crippen LogP contribution in [0.25, 0.3) is 11.5 Å². The minimum absolute atomic E-state index is 0.0800. The van der Waals surface area contributed by atoms with Crippen molar-refractivity contribution in [2.75, 3.05) is 6.79 Å². The van der Waals surface area contributed by atoms with Crippen LogP contribution in [0.4, 0.5) is 0 Å². The van der Waals surface area contributed by atoms with Crippen LogP contribution in [-0.2, 0) is 4.79 Å². The van der Waals surface area contributed by atoms with Crippen molar-refractivity contribution >= 4 is 17.7 Å². The first kappa shape index (κ1) is 18.4. The predicted octanol–water partition coefficient (Wildman–Crippen LogP) is 3.82. The lowest BCUT2D eigenvalue weighted by atomic mass is 10.1. The van der Waals surface area contributed by atoms with Crippen LogP contribution in [0, 0.1) is 0 Å². The third-order valence-electron chi connectivity index (χ3n) is 4.33. The first-order valence-corrected chi connectivity index (χ1v) is 9.73. The van der Waals surface area contributed by atoms with Crippen LogP contribution in [-0.4, -0.2) is 28.1 Å². The van der Waals surface area contributed by atoms with Crippen LogP contribution < -0.4 is 14.8 Å². The predicted molar refractivity (Wildman–Crippen MR) is 104 cm³/mol. The maximum atomic E-state index is 12.5. The number of hydrogen-bond donors (Lipinski definition) is 1. The lowest BCUT2D eigenvalue weighted by Crippen LogP contribution is -2.33. The average molecular weight is 397 g/mol. The van der Waals surface area contributed by atoms with Gasteiger partial charge in [-0.3, -0.25) is 4.79 Å². The third-order valence-corrected chi connectivity index (χ3v) is 5.27. The van der Waals surface area contributed by atoms with Gasteiger partial charge in [0.1, 0.15) is 0 Å². The van der Waals surface area contributed by atoms with E-state index >= 15 is 0 Å². The van der Waals surface area contributed by atoms with E-state index in [1.54, 1.807) is 12.1 Å². The number of hydrogen-bond acceptors (Lipinski definition) is 7. The van der Waals surface area contributed by atoms with Gasteiger partial charge in [-0.15, -0.1) is 10.2 Å². The number of amides is 1. The Morgan fingerprint density at radius 1 is 1.07 bits per heavy atom. The lowest BCUT2D eigenvalue weighted by molar-refractivity contribution is -0.120. The van der Waals surface area contributed by atoms with Gasteiger partial charge in [0.25, 0.3) is 5.22 Å². The van der Waals surface area contributed by atoms with E-state index < -0.39 is 0 Å². The summed E-state index contributed by atoms with van der Waals surface area (Å²) >= 11 is 1.22. The summed E-state index contributed by atoms with van der Waals surface area (Å²) in [5, 5.41) is 11.1. The molecule has 28 heavy (non-hydrogen) atoms. The number of nitrogens with one attached hydrogen (secondary N) is 1. The van der Waals surface area contributed by atoms with Gasteiger partial charge in [0.05, 0.1) is 11.3 Å². The van der Waals surface area contributed by atoms with Crippen LogP contribution in [0.3, 0.4) is 0 Å². The average Bonchev–Trinajstić information content (AvgIpc) is 3.37. The molecule has 7 nitrogen and oxygen atoms in total. The molecule has 0 saturated heterocycles. The standard InChI is InChI=1S/C20H19N3O4S/c1-12(14-6-4-3-5-7-14)21-18(24)13(2)28-20-23-22-19(27-20)15-8-9-16-17(10-15)26-11-25-16/h3-10,12-13H,11H2,1-2H3,(H,21,24)/t12-,13-/m1/s1. The topological polar surface area (TPSA) is 86.5 Å². The van der Waals surface area contributed by atoms with E-state index in [0.717, 1.165) is 11.1 Å². The van der Waals surface area contributed by atoms with Crippen molar-refractivity contribution < 1.29 is 18.7 Å². The van der Waals surface area contributed by atoms with Gasteiger partial charge < -0.3 is 19.2 Å². The molecular formula is C20H19N3O4S. The maximum absolute atomic E-state index is 12.5. The highest BCUT2D eigenvalue weighted by molar-refractivity contribution is 8.00. The molecule has 0 saturated carbocycles. The van der Waals surface area contributed by atoms with Gasteiger partial charge in [-0.25, -0.2) is 0 Å². The van der Waals surface area contributed by atoms with Gasteiger partial charge >= 0.3 is 0 Å². The van der Waals surface area contributed by atoms with Crippen molar-refractivity contribution in [1.29, 1.82) is 0 Å². The van der Waals surface area contributed by atoms with E-state index in [0.29, 0.717) is 22.6 Å². The summed E-state index contributed by atoms with van der Waals surface area (Å²) in [7, 11) is 0. The summed E-state index contributed by atoms with van der Waals surface area (Å²) in [6, 6.07) is 15.2.